The Morgan fingerprint density at radius 2 is 0.507 bits per heavy atom. The predicted octanol–water partition coefficient (Wildman–Crippen LogP) is 29.0. The number of fused-ring (bicyclic) bond motifs is 19. The third-order valence-corrected chi connectivity index (χ3v) is 23.0. The molecule has 25 rings (SSSR count). The molecule has 0 radical (unpaired) electrons. The van der Waals surface area contributed by atoms with Gasteiger partial charge < -0.3 is 0 Å². The number of nitrogens with zero attached hydrogens (tertiary/aromatic N) is 16. The summed E-state index contributed by atoms with van der Waals surface area (Å²) >= 11 is 33.4. The van der Waals surface area contributed by atoms with E-state index in [1.54, 1.807) is 79.4 Å². The van der Waals surface area contributed by atoms with E-state index < -0.39 is 23.3 Å². The molecule has 0 N–H and O–H groups in total. The Labute approximate surface area is 799 Å². The van der Waals surface area contributed by atoms with Crippen LogP contribution in [0.15, 0.2) is 412 Å². The molecule has 0 amide bonds. The summed E-state index contributed by atoms with van der Waals surface area (Å²) < 4.78 is 39.6. The van der Waals surface area contributed by atoms with E-state index in [4.69, 9.17) is 58.0 Å². The number of halogens is 9. The SMILES string of the molecule is Brc1cccc(-c2ccc3ccccc3n2)n1.Clc1ccc2c(n1)-c1nc(Cl)ccc1C21c2ccccc2-c2ccccc21.Clc1ccc2ccc3cccnc3c2n1.Clc1cccc(-c2ccc3ccccc3n2)n1.Clc1cccc(-c2ccccn2)n1.Fc1ccc2ccc3cccnc3c2n1.Fc1cccc(-c2ccc3ccccc3n2)n1.Fc1cccc(-c2ccccn2)n1. The van der Waals surface area contributed by atoms with Crippen molar-refractivity contribution >= 4 is 150 Å². The zero-order valence-electron chi connectivity index (χ0n) is 70.2. The maximum absolute atomic E-state index is 13.0. The van der Waals surface area contributed by atoms with Gasteiger partial charge in [0.05, 0.1) is 112 Å². The molecule has 7 aromatic carbocycles. The van der Waals surface area contributed by atoms with Crippen molar-refractivity contribution in [1.29, 1.82) is 0 Å². The second kappa shape index (κ2) is 41.3. The molecule has 0 fully saturated rings. The fraction of sp³-hybridized carbons (Fsp3) is 0.00917. The number of pyridine rings is 16. The summed E-state index contributed by atoms with van der Waals surface area (Å²) in [6.45, 7) is 0. The first-order valence-electron chi connectivity index (χ1n) is 41.8. The van der Waals surface area contributed by atoms with Gasteiger partial charge in [0.25, 0.3) is 0 Å². The lowest BCUT2D eigenvalue weighted by atomic mass is 9.71. The molecular formula is C109H67BrCl5F3N16. The summed E-state index contributed by atoms with van der Waals surface area (Å²) in [5, 5.41) is 9.74. The highest BCUT2D eigenvalue weighted by atomic mass is 79.9. The number of benzene rings is 7. The van der Waals surface area contributed by atoms with Crippen LogP contribution in [-0.4, -0.2) is 79.7 Å². The van der Waals surface area contributed by atoms with E-state index in [2.05, 4.69) is 168 Å². The lowest BCUT2D eigenvalue weighted by Crippen LogP contribution is -2.25. The van der Waals surface area contributed by atoms with Crippen LogP contribution in [0, 0.1) is 17.8 Å². The largest absolute Gasteiger partial charge is 0.255 e. The van der Waals surface area contributed by atoms with Crippen LogP contribution in [0.4, 0.5) is 13.2 Å². The van der Waals surface area contributed by atoms with E-state index in [0.717, 1.165) is 132 Å². The van der Waals surface area contributed by atoms with Crippen molar-refractivity contribution in [3.8, 4) is 79.5 Å². The molecule has 0 unspecified atom stereocenters. The Hall–Kier alpha value is -15.5. The second-order valence-corrected chi connectivity index (χ2v) is 32.7. The Bertz CT molecular complexity index is 7650. The van der Waals surface area contributed by atoms with E-state index >= 15 is 0 Å². The molecule has 1 spiro atoms. The summed E-state index contributed by atoms with van der Waals surface area (Å²) in [6, 6.07) is 121. The molecule has 646 valence electrons. The smallest absolute Gasteiger partial charge is 0.213 e. The molecule has 0 saturated heterocycles. The number of hydrogen-bond acceptors (Lipinski definition) is 16. The molecule has 0 aliphatic heterocycles. The summed E-state index contributed by atoms with van der Waals surface area (Å²) in [4.78, 5) is 68.2. The van der Waals surface area contributed by atoms with Crippen LogP contribution >= 0.6 is 73.9 Å². The van der Waals surface area contributed by atoms with Crippen LogP contribution < -0.4 is 0 Å². The van der Waals surface area contributed by atoms with Crippen LogP contribution in [0.1, 0.15) is 22.3 Å². The van der Waals surface area contributed by atoms with Crippen LogP contribution in [0.3, 0.4) is 0 Å². The van der Waals surface area contributed by atoms with Crippen molar-refractivity contribution in [2.45, 2.75) is 5.41 Å². The van der Waals surface area contributed by atoms with Gasteiger partial charge in [0.1, 0.15) is 30.4 Å². The molecule has 0 atom stereocenters. The van der Waals surface area contributed by atoms with Crippen molar-refractivity contribution in [3.63, 3.8) is 0 Å². The molecule has 0 bridgehead atoms. The van der Waals surface area contributed by atoms with E-state index in [1.807, 2.05) is 237 Å². The first-order chi connectivity index (χ1) is 65.6. The third-order valence-electron chi connectivity index (χ3n) is 21.5. The zero-order chi connectivity index (χ0) is 91.9. The first kappa shape index (κ1) is 89.1. The highest BCUT2D eigenvalue weighted by molar-refractivity contribution is 9.10. The fourth-order valence-electron chi connectivity index (χ4n) is 15.6. The van der Waals surface area contributed by atoms with Crippen molar-refractivity contribution in [1.82, 2.24) is 79.7 Å². The quantitative estimate of drug-likeness (QED) is 0.116. The number of hydrogen-bond donors (Lipinski definition) is 0. The minimum atomic E-state index is -0.488. The van der Waals surface area contributed by atoms with E-state index in [0.29, 0.717) is 54.1 Å². The monoisotopic (exact) mass is 1910 g/mol. The first-order valence-corrected chi connectivity index (χ1v) is 44.5. The van der Waals surface area contributed by atoms with Gasteiger partial charge in [-0.3, -0.25) is 19.9 Å². The van der Waals surface area contributed by atoms with Gasteiger partial charge in [-0.15, -0.1) is 0 Å². The molecule has 16 nitrogen and oxygen atoms in total. The van der Waals surface area contributed by atoms with Gasteiger partial charge >= 0.3 is 0 Å². The number of para-hydroxylation sites is 3. The van der Waals surface area contributed by atoms with E-state index in [-0.39, 0.29) is 0 Å². The van der Waals surface area contributed by atoms with Crippen LogP contribution in [0.25, 0.3) is 156 Å². The van der Waals surface area contributed by atoms with E-state index in [1.165, 1.54) is 40.5 Å². The Kier molecular flexibility index (Phi) is 27.5. The predicted molar refractivity (Wildman–Crippen MR) is 535 cm³/mol. The molecule has 16 heterocycles. The van der Waals surface area contributed by atoms with Gasteiger partial charge in [-0.25, -0.2) is 59.8 Å². The molecule has 2 aliphatic rings. The number of aromatic nitrogens is 16. The Balaban J connectivity index is 0.000000104. The lowest BCUT2D eigenvalue weighted by Gasteiger charge is -2.29. The van der Waals surface area contributed by atoms with Crippen molar-refractivity contribution < 1.29 is 13.2 Å². The minimum absolute atomic E-state index is 0.437. The van der Waals surface area contributed by atoms with Crippen LogP contribution in [-0.2, 0) is 5.41 Å². The molecule has 16 aromatic heterocycles. The summed E-state index contributed by atoms with van der Waals surface area (Å²) in [5.41, 5.74) is 21.9. The van der Waals surface area contributed by atoms with Crippen LogP contribution in [0.5, 0.6) is 0 Å². The maximum Gasteiger partial charge on any atom is 0.213 e. The summed E-state index contributed by atoms with van der Waals surface area (Å²) in [5.74, 6) is -1.44. The van der Waals surface area contributed by atoms with E-state index in [9.17, 15) is 13.2 Å². The Morgan fingerprint density at radius 3 is 0.955 bits per heavy atom. The molecule has 2 aliphatic carbocycles. The topological polar surface area (TPSA) is 206 Å². The van der Waals surface area contributed by atoms with Gasteiger partial charge in [0, 0.05) is 62.5 Å². The Morgan fingerprint density at radius 1 is 0.194 bits per heavy atom. The van der Waals surface area contributed by atoms with Gasteiger partial charge in [-0.2, -0.15) is 13.2 Å². The summed E-state index contributed by atoms with van der Waals surface area (Å²) in [6.07, 6.45) is 6.85. The molecular weight excluding hydrogens is 1850 g/mol. The molecule has 23 aromatic rings. The van der Waals surface area contributed by atoms with Crippen molar-refractivity contribution in [3.05, 3.63) is 477 Å². The average Bonchev–Trinajstić information content (AvgIpc) is 1.51. The normalized spacial score (nSPS) is 11.4. The molecule has 25 heteroatoms. The van der Waals surface area contributed by atoms with Gasteiger partial charge in [-0.05, 0) is 219 Å². The highest BCUT2D eigenvalue weighted by Crippen LogP contribution is 2.62. The average molecular weight is 1920 g/mol. The number of rotatable bonds is 5. The van der Waals surface area contributed by atoms with Crippen molar-refractivity contribution in [2.24, 2.45) is 0 Å². The van der Waals surface area contributed by atoms with Gasteiger partial charge in [0.15, 0.2) is 0 Å². The second-order valence-electron chi connectivity index (χ2n) is 29.9. The van der Waals surface area contributed by atoms with Crippen molar-refractivity contribution in [2.75, 3.05) is 0 Å². The standard InChI is InChI=1S/C23H12Cl2N2.C14H9BrN2.C14H9ClN2.C14H9FN2.C12H7ClN2.C12H7FN2.C10H7ClN2.C10H7FN2/c24-19-11-9-17-21(26-19)22-18(10-12-20(25)27-22)23(17)15-7-3-1-5-13(15)14-6-2-4-8-16(14)23;3*15-14-7-3-6-12(17-14)13-9-8-10-4-1-2-5-11(10)16-13;2*13-10-6-5-9-4-3-8-2-1-7-14-11(8)12(9)15-10;2*11-10-6-3-5-9(13-10)8-4-1-2-7-12-8/h1-12H;3*1-9H;2*1-7H;2*1-7H. The van der Waals surface area contributed by atoms with Gasteiger partial charge in [0.2, 0.25) is 17.8 Å². The maximum atomic E-state index is 13.0. The van der Waals surface area contributed by atoms with Gasteiger partial charge in [-0.1, -0.05) is 270 Å². The zero-order valence-corrected chi connectivity index (χ0v) is 75.6. The third kappa shape index (κ3) is 20.3. The fourth-order valence-corrected chi connectivity index (χ4v) is 16.7. The molecule has 134 heavy (non-hydrogen) atoms. The summed E-state index contributed by atoms with van der Waals surface area (Å²) in [7, 11) is 0. The minimum Gasteiger partial charge on any atom is -0.255 e. The highest BCUT2D eigenvalue weighted by Gasteiger charge is 2.53. The van der Waals surface area contributed by atoms with Crippen LogP contribution in [0.2, 0.25) is 25.8 Å². The molecule has 0 saturated carbocycles. The lowest BCUT2D eigenvalue weighted by molar-refractivity contribution is 0.584.